The van der Waals surface area contributed by atoms with Gasteiger partial charge in [0.25, 0.3) is 0 Å². The highest BCUT2D eigenvalue weighted by Crippen LogP contribution is 2.20. The quantitative estimate of drug-likeness (QED) is 0.857. The number of rotatable bonds is 3. The van der Waals surface area contributed by atoms with E-state index in [4.69, 9.17) is 5.73 Å². The van der Waals surface area contributed by atoms with Gasteiger partial charge in [-0.2, -0.15) is 4.80 Å². The molecule has 7 heteroatoms. The molecule has 1 aromatic carbocycles. The number of nitrogens with two attached hydrogens (primary N) is 1. The zero-order valence-corrected chi connectivity index (χ0v) is 9.14. The molecular formula is C10H11F2N5. The first kappa shape index (κ1) is 11.6. The minimum Gasteiger partial charge on any atom is -0.323 e. The maximum Gasteiger partial charge on any atom is 0.176 e. The molecule has 1 aromatic heterocycles. The molecule has 0 aliphatic carbocycles. The molecule has 2 aromatic rings. The summed E-state index contributed by atoms with van der Waals surface area (Å²) in [7, 11) is 1.60. The van der Waals surface area contributed by atoms with Crippen LogP contribution in [0.3, 0.4) is 0 Å². The molecule has 1 unspecified atom stereocenters. The second kappa shape index (κ2) is 4.54. The van der Waals surface area contributed by atoms with Crippen LogP contribution in [0.25, 0.3) is 0 Å². The Balaban J connectivity index is 2.22. The van der Waals surface area contributed by atoms with Crippen LogP contribution in [-0.2, 0) is 13.5 Å². The molecule has 0 fully saturated rings. The Morgan fingerprint density at radius 1 is 1.35 bits per heavy atom. The van der Waals surface area contributed by atoms with E-state index in [2.05, 4.69) is 15.4 Å². The predicted molar refractivity (Wildman–Crippen MR) is 55.8 cm³/mol. The Bertz CT molecular complexity index is 505. The van der Waals surface area contributed by atoms with Crippen LogP contribution < -0.4 is 5.73 Å². The summed E-state index contributed by atoms with van der Waals surface area (Å²) in [5, 5.41) is 11.2. The highest BCUT2D eigenvalue weighted by molar-refractivity contribution is 5.23. The molecule has 0 spiro atoms. The first-order chi connectivity index (χ1) is 8.08. The standard InChI is InChI=1S/C10H11F2N5/c1-17-15-9(14-16-17)5-8(13)10-6(11)3-2-4-7(10)12/h2-4,8H,5,13H2,1H3. The normalized spacial score (nSPS) is 12.7. The Labute approximate surface area is 96.2 Å². The van der Waals surface area contributed by atoms with Crippen molar-refractivity contribution in [3.63, 3.8) is 0 Å². The third kappa shape index (κ3) is 2.44. The summed E-state index contributed by atoms with van der Waals surface area (Å²) in [5.74, 6) is -0.981. The van der Waals surface area contributed by atoms with Gasteiger partial charge in [0, 0.05) is 18.0 Å². The van der Waals surface area contributed by atoms with E-state index < -0.39 is 17.7 Å². The summed E-state index contributed by atoms with van der Waals surface area (Å²) < 4.78 is 26.9. The Hall–Kier alpha value is -1.89. The lowest BCUT2D eigenvalue weighted by Gasteiger charge is -2.11. The highest BCUT2D eigenvalue weighted by Gasteiger charge is 2.18. The molecule has 0 amide bonds. The number of hydrogen-bond acceptors (Lipinski definition) is 4. The van der Waals surface area contributed by atoms with Gasteiger partial charge in [-0.15, -0.1) is 10.2 Å². The van der Waals surface area contributed by atoms with Gasteiger partial charge in [0.2, 0.25) is 0 Å². The summed E-state index contributed by atoms with van der Waals surface area (Å²) in [6.07, 6.45) is 0.131. The van der Waals surface area contributed by atoms with E-state index in [1.54, 1.807) is 7.05 Å². The first-order valence-corrected chi connectivity index (χ1v) is 5.00. The molecule has 1 atom stereocenters. The molecule has 0 saturated carbocycles. The van der Waals surface area contributed by atoms with Crippen LogP contribution in [0.15, 0.2) is 18.2 Å². The second-order valence-corrected chi connectivity index (χ2v) is 3.64. The van der Waals surface area contributed by atoms with Crippen molar-refractivity contribution in [1.29, 1.82) is 0 Å². The van der Waals surface area contributed by atoms with Crippen LogP contribution in [0.4, 0.5) is 8.78 Å². The van der Waals surface area contributed by atoms with Crippen molar-refractivity contribution in [2.75, 3.05) is 0 Å². The second-order valence-electron chi connectivity index (χ2n) is 3.64. The zero-order valence-electron chi connectivity index (χ0n) is 9.14. The maximum absolute atomic E-state index is 13.4. The minimum atomic E-state index is -0.833. The van der Waals surface area contributed by atoms with Crippen molar-refractivity contribution in [2.24, 2.45) is 12.8 Å². The SMILES string of the molecule is Cn1nnc(CC(N)c2c(F)cccc2F)n1. The summed E-state index contributed by atoms with van der Waals surface area (Å²) >= 11 is 0. The molecule has 90 valence electrons. The molecule has 5 nitrogen and oxygen atoms in total. The van der Waals surface area contributed by atoms with E-state index in [0.717, 1.165) is 0 Å². The molecule has 0 aliphatic heterocycles. The summed E-state index contributed by atoms with van der Waals surface area (Å²) in [6, 6.07) is 2.80. The fourth-order valence-electron chi connectivity index (χ4n) is 1.57. The van der Waals surface area contributed by atoms with Crippen LogP contribution in [0.5, 0.6) is 0 Å². The number of halogens is 2. The average molecular weight is 239 g/mol. The van der Waals surface area contributed by atoms with Crippen molar-refractivity contribution in [2.45, 2.75) is 12.5 Å². The predicted octanol–water partition coefficient (Wildman–Crippen LogP) is 0.731. The molecule has 0 bridgehead atoms. The number of tetrazole rings is 1. The monoisotopic (exact) mass is 239 g/mol. The lowest BCUT2D eigenvalue weighted by Crippen LogP contribution is -2.17. The first-order valence-electron chi connectivity index (χ1n) is 5.00. The van der Waals surface area contributed by atoms with Gasteiger partial charge < -0.3 is 5.73 Å². The van der Waals surface area contributed by atoms with Crippen molar-refractivity contribution in [3.8, 4) is 0 Å². The minimum absolute atomic E-state index is 0.131. The number of aromatic nitrogens is 4. The molecular weight excluding hydrogens is 228 g/mol. The largest absolute Gasteiger partial charge is 0.323 e. The highest BCUT2D eigenvalue weighted by atomic mass is 19.1. The summed E-state index contributed by atoms with van der Waals surface area (Å²) in [6.45, 7) is 0. The van der Waals surface area contributed by atoms with Crippen LogP contribution in [0.2, 0.25) is 0 Å². The van der Waals surface area contributed by atoms with Gasteiger partial charge >= 0.3 is 0 Å². The van der Waals surface area contributed by atoms with Gasteiger partial charge in [-0.05, 0) is 17.3 Å². The van der Waals surface area contributed by atoms with E-state index in [1.807, 2.05) is 0 Å². The van der Waals surface area contributed by atoms with Crippen molar-refractivity contribution in [1.82, 2.24) is 20.2 Å². The zero-order chi connectivity index (χ0) is 12.4. The summed E-state index contributed by atoms with van der Waals surface area (Å²) in [4.78, 5) is 1.26. The van der Waals surface area contributed by atoms with Crippen molar-refractivity contribution in [3.05, 3.63) is 41.2 Å². The molecule has 17 heavy (non-hydrogen) atoms. The average Bonchev–Trinajstić information content (AvgIpc) is 2.63. The van der Waals surface area contributed by atoms with Gasteiger partial charge in [0.1, 0.15) is 11.6 Å². The van der Waals surface area contributed by atoms with Gasteiger partial charge in [0.05, 0.1) is 7.05 Å². The molecule has 2 rings (SSSR count). The fourth-order valence-corrected chi connectivity index (χ4v) is 1.57. The lowest BCUT2D eigenvalue weighted by atomic mass is 10.0. The lowest BCUT2D eigenvalue weighted by molar-refractivity contribution is 0.520. The molecule has 0 saturated heterocycles. The number of hydrogen-bond donors (Lipinski definition) is 1. The van der Waals surface area contributed by atoms with Gasteiger partial charge in [-0.25, -0.2) is 8.78 Å². The Morgan fingerprint density at radius 3 is 2.53 bits per heavy atom. The van der Waals surface area contributed by atoms with E-state index in [1.165, 1.54) is 23.0 Å². The van der Waals surface area contributed by atoms with Gasteiger partial charge in [0.15, 0.2) is 5.82 Å². The third-order valence-electron chi connectivity index (χ3n) is 2.32. The summed E-state index contributed by atoms with van der Waals surface area (Å²) in [5.41, 5.74) is 5.59. The third-order valence-corrected chi connectivity index (χ3v) is 2.32. The van der Waals surface area contributed by atoms with Crippen molar-refractivity contribution >= 4 is 0 Å². The smallest absolute Gasteiger partial charge is 0.176 e. The molecule has 0 radical (unpaired) electrons. The molecule has 0 aliphatic rings. The van der Waals surface area contributed by atoms with E-state index in [-0.39, 0.29) is 12.0 Å². The number of benzene rings is 1. The van der Waals surface area contributed by atoms with Gasteiger partial charge in [-0.3, -0.25) is 0 Å². The van der Waals surface area contributed by atoms with Crippen molar-refractivity contribution < 1.29 is 8.78 Å². The number of aryl methyl sites for hydroxylation is 1. The van der Waals surface area contributed by atoms with Crippen LogP contribution in [0, 0.1) is 11.6 Å². The Kier molecular flexibility index (Phi) is 3.10. The molecule has 2 N–H and O–H groups in total. The van der Waals surface area contributed by atoms with E-state index >= 15 is 0 Å². The van der Waals surface area contributed by atoms with Crippen LogP contribution in [0.1, 0.15) is 17.4 Å². The Morgan fingerprint density at radius 2 is 2.00 bits per heavy atom. The van der Waals surface area contributed by atoms with E-state index in [0.29, 0.717) is 5.82 Å². The van der Waals surface area contributed by atoms with Crippen LogP contribution in [-0.4, -0.2) is 20.2 Å². The van der Waals surface area contributed by atoms with Gasteiger partial charge in [-0.1, -0.05) is 6.07 Å². The maximum atomic E-state index is 13.4. The van der Waals surface area contributed by atoms with Crippen LogP contribution >= 0.6 is 0 Å². The molecule has 1 heterocycles. The number of nitrogens with zero attached hydrogens (tertiary/aromatic N) is 4. The topological polar surface area (TPSA) is 69.6 Å². The fraction of sp³-hybridized carbons (Fsp3) is 0.300. The van der Waals surface area contributed by atoms with E-state index in [9.17, 15) is 8.78 Å².